The number of nitrogens with one attached hydrogen (secondary N) is 1. The fourth-order valence-corrected chi connectivity index (χ4v) is 3.68. The van der Waals surface area contributed by atoms with E-state index in [1.165, 1.54) is 4.88 Å². The van der Waals surface area contributed by atoms with E-state index in [9.17, 15) is 14.7 Å². The van der Waals surface area contributed by atoms with Gasteiger partial charge < -0.3 is 10.4 Å². The molecule has 1 aromatic heterocycles. The van der Waals surface area contributed by atoms with Crippen molar-refractivity contribution in [3.05, 3.63) is 21.9 Å². The topological polar surface area (TPSA) is 66.4 Å². The molecule has 0 fully saturated rings. The molecule has 0 saturated carbocycles. The van der Waals surface area contributed by atoms with Gasteiger partial charge in [-0.1, -0.05) is 19.8 Å². The minimum atomic E-state index is -0.937. The van der Waals surface area contributed by atoms with Crippen LogP contribution in [0.2, 0.25) is 0 Å². The molecular formula is C15H21NO3S. The molecule has 2 N–H and O–H groups in total. The van der Waals surface area contributed by atoms with Crippen molar-refractivity contribution in [2.75, 3.05) is 0 Å². The van der Waals surface area contributed by atoms with E-state index < -0.39 is 12.0 Å². The van der Waals surface area contributed by atoms with E-state index in [2.05, 4.69) is 5.32 Å². The highest BCUT2D eigenvalue weighted by Crippen LogP contribution is 2.35. The van der Waals surface area contributed by atoms with Gasteiger partial charge in [-0.2, -0.15) is 0 Å². The number of aryl methyl sites for hydroxylation is 1. The standard InChI is InChI=1S/C15H21NO3S/c1-2-3-6-12(15(18)19)16-14(17)11-5-4-7-13-10(11)8-9-20-13/h8-9,11-12H,2-7H2,1H3,(H,16,17)(H,18,19)/t11?,12-/m0/s1. The zero-order valence-corrected chi connectivity index (χ0v) is 12.5. The van der Waals surface area contributed by atoms with Crippen molar-refractivity contribution >= 4 is 23.2 Å². The molecule has 2 rings (SSSR count). The van der Waals surface area contributed by atoms with Gasteiger partial charge in [0.05, 0.1) is 5.92 Å². The molecule has 110 valence electrons. The molecule has 0 aromatic carbocycles. The Kier molecular flexibility index (Phi) is 5.17. The van der Waals surface area contributed by atoms with Gasteiger partial charge in [-0.15, -0.1) is 11.3 Å². The van der Waals surface area contributed by atoms with Gasteiger partial charge in [0.2, 0.25) is 5.91 Å². The highest BCUT2D eigenvalue weighted by molar-refractivity contribution is 7.10. The van der Waals surface area contributed by atoms with Crippen LogP contribution in [0.25, 0.3) is 0 Å². The molecule has 0 bridgehead atoms. The van der Waals surface area contributed by atoms with Crippen LogP contribution in [0.15, 0.2) is 11.4 Å². The van der Waals surface area contributed by atoms with Gasteiger partial charge in [-0.3, -0.25) is 4.79 Å². The van der Waals surface area contributed by atoms with Gasteiger partial charge in [-0.25, -0.2) is 4.79 Å². The van der Waals surface area contributed by atoms with Crippen LogP contribution in [0.3, 0.4) is 0 Å². The Balaban J connectivity index is 2.03. The van der Waals surface area contributed by atoms with Crippen molar-refractivity contribution in [1.82, 2.24) is 5.32 Å². The first-order chi connectivity index (χ1) is 9.63. The molecule has 1 aromatic rings. The zero-order valence-electron chi connectivity index (χ0n) is 11.7. The van der Waals surface area contributed by atoms with E-state index in [4.69, 9.17) is 0 Å². The van der Waals surface area contributed by atoms with Crippen molar-refractivity contribution in [2.45, 2.75) is 57.4 Å². The van der Waals surface area contributed by atoms with Crippen LogP contribution in [-0.2, 0) is 16.0 Å². The third kappa shape index (κ3) is 3.39. The second-order valence-corrected chi connectivity index (χ2v) is 6.29. The van der Waals surface area contributed by atoms with Crippen LogP contribution < -0.4 is 5.32 Å². The molecule has 4 nitrogen and oxygen atoms in total. The first-order valence-electron chi connectivity index (χ1n) is 7.23. The molecule has 1 aliphatic rings. The number of aliphatic carboxylic acids is 1. The average Bonchev–Trinajstić information content (AvgIpc) is 2.90. The summed E-state index contributed by atoms with van der Waals surface area (Å²) in [5.41, 5.74) is 1.10. The van der Waals surface area contributed by atoms with E-state index in [1.54, 1.807) is 11.3 Å². The highest BCUT2D eigenvalue weighted by atomic mass is 32.1. The molecule has 20 heavy (non-hydrogen) atoms. The summed E-state index contributed by atoms with van der Waals surface area (Å²) < 4.78 is 0. The molecule has 1 aliphatic carbocycles. The number of rotatable bonds is 6. The Morgan fingerprint density at radius 1 is 1.55 bits per heavy atom. The van der Waals surface area contributed by atoms with Crippen LogP contribution >= 0.6 is 11.3 Å². The molecule has 0 spiro atoms. The van der Waals surface area contributed by atoms with Crippen LogP contribution in [0.1, 0.15) is 55.4 Å². The summed E-state index contributed by atoms with van der Waals surface area (Å²) in [6.45, 7) is 2.01. The fourth-order valence-electron chi connectivity index (χ4n) is 2.70. The summed E-state index contributed by atoms with van der Waals surface area (Å²) in [5, 5.41) is 13.9. The Morgan fingerprint density at radius 2 is 2.35 bits per heavy atom. The first-order valence-corrected chi connectivity index (χ1v) is 8.11. The molecule has 2 atom stereocenters. The number of carbonyl (C=O) groups excluding carboxylic acids is 1. The predicted octanol–water partition coefficient (Wildman–Crippen LogP) is 2.93. The van der Waals surface area contributed by atoms with Gasteiger partial charge in [0.25, 0.3) is 0 Å². The number of hydrogen-bond donors (Lipinski definition) is 2. The lowest BCUT2D eigenvalue weighted by atomic mass is 9.87. The maximum atomic E-state index is 12.4. The van der Waals surface area contributed by atoms with Crippen molar-refractivity contribution in [1.29, 1.82) is 0 Å². The van der Waals surface area contributed by atoms with E-state index >= 15 is 0 Å². The molecule has 1 unspecified atom stereocenters. The summed E-state index contributed by atoms with van der Waals surface area (Å²) in [5.74, 6) is -1.24. The number of unbranched alkanes of at least 4 members (excludes halogenated alkanes) is 1. The smallest absolute Gasteiger partial charge is 0.326 e. The van der Waals surface area contributed by atoms with E-state index in [1.807, 2.05) is 18.4 Å². The average molecular weight is 295 g/mol. The summed E-state index contributed by atoms with van der Waals surface area (Å²) in [6, 6.07) is 1.25. The van der Waals surface area contributed by atoms with E-state index in [0.717, 1.165) is 37.7 Å². The van der Waals surface area contributed by atoms with Gasteiger partial charge in [0, 0.05) is 4.88 Å². The Labute approximate surface area is 123 Å². The van der Waals surface area contributed by atoms with Crippen molar-refractivity contribution < 1.29 is 14.7 Å². The Bertz CT molecular complexity index is 483. The van der Waals surface area contributed by atoms with Gasteiger partial charge >= 0.3 is 5.97 Å². The summed E-state index contributed by atoms with van der Waals surface area (Å²) in [6.07, 6.45) is 5.09. The quantitative estimate of drug-likeness (QED) is 0.848. The Morgan fingerprint density at radius 3 is 3.05 bits per heavy atom. The molecular weight excluding hydrogens is 274 g/mol. The third-order valence-electron chi connectivity index (χ3n) is 3.83. The number of thiophene rings is 1. The van der Waals surface area contributed by atoms with Crippen molar-refractivity contribution in [3.63, 3.8) is 0 Å². The fraction of sp³-hybridized carbons (Fsp3) is 0.600. The predicted molar refractivity (Wildman–Crippen MR) is 79.1 cm³/mol. The first kappa shape index (κ1) is 15.0. The van der Waals surface area contributed by atoms with Crippen molar-refractivity contribution in [2.24, 2.45) is 0 Å². The maximum absolute atomic E-state index is 12.4. The summed E-state index contributed by atoms with van der Waals surface area (Å²) >= 11 is 1.69. The lowest BCUT2D eigenvalue weighted by Gasteiger charge is -2.24. The third-order valence-corrected chi connectivity index (χ3v) is 4.83. The lowest BCUT2D eigenvalue weighted by Crippen LogP contribution is -2.43. The molecule has 1 amide bonds. The molecule has 0 radical (unpaired) electrons. The number of hydrogen-bond acceptors (Lipinski definition) is 3. The lowest BCUT2D eigenvalue weighted by molar-refractivity contribution is -0.142. The Hall–Kier alpha value is -1.36. The largest absolute Gasteiger partial charge is 0.480 e. The SMILES string of the molecule is CCCC[C@H](NC(=O)C1CCCc2sccc21)C(=O)O. The molecule has 0 aliphatic heterocycles. The molecule has 0 saturated heterocycles. The zero-order chi connectivity index (χ0) is 14.5. The van der Waals surface area contributed by atoms with E-state index in [-0.39, 0.29) is 11.8 Å². The normalized spacial score (nSPS) is 19.1. The number of amides is 1. The van der Waals surface area contributed by atoms with Crippen LogP contribution in [0, 0.1) is 0 Å². The monoisotopic (exact) mass is 295 g/mol. The van der Waals surface area contributed by atoms with Crippen LogP contribution in [0.5, 0.6) is 0 Å². The van der Waals surface area contributed by atoms with Crippen LogP contribution in [0.4, 0.5) is 0 Å². The van der Waals surface area contributed by atoms with Gasteiger partial charge in [-0.05, 0) is 42.7 Å². The van der Waals surface area contributed by atoms with Crippen molar-refractivity contribution in [3.8, 4) is 0 Å². The minimum Gasteiger partial charge on any atom is -0.480 e. The molecule has 1 heterocycles. The second-order valence-electron chi connectivity index (χ2n) is 5.29. The maximum Gasteiger partial charge on any atom is 0.326 e. The number of fused-ring (bicyclic) bond motifs is 1. The van der Waals surface area contributed by atoms with E-state index in [0.29, 0.717) is 6.42 Å². The highest BCUT2D eigenvalue weighted by Gasteiger charge is 2.30. The summed E-state index contributed by atoms with van der Waals surface area (Å²) in [4.78, 5) is 24.8. The van der Waals surface area contributed by atoms with Crippen LogP contribution in [-0.4, -0.2) is 23.0 Å². The minimum absolute atomic E-state index is 0.132. The number of carbonyl (C=O) groups is 2. The van der Waals surface area contributed by atoms with Gasteiger partial charge in [0.15, 0.2) is 0 Å². The second kappa shape index (κ2) is 6.88. The molecule has 5 heteroatoms. The number of carboxylic acid groups (broad SMARTS) is 1. The number of carboxylic acids is 1. The van der Waals surface area contributed by atoms with Gasteiger partial charge in [0.1, 0.15) is 6.04 Å². The summed E-state index contributed by atoms with van der Waals surface area (Å²) in [7, 11) is 0.